The third-order valence-electron chi connectivity index (χ3n) is 4.89. The summed E-state index contributed by atoms with van der Waals surface area (Å²) in [6.07, 6.45) is 0. The predicted molar refractivity (Wildman–Crippen MR) is 116 cm³/mol. The minimum Gasteiger partial charge on any atom is -0.492 e. The van der Waals surface area contributed by atoms with E-state index in [4.69, 9.17) is 14.2 Å². The Balaban J connectivity index is 1.95. The summed E-state index contributed by atoms with van der Waals surface area (Å²) in [5.74, 6) is 1.20. The van der Waals surface area contributed by atoms with Crippen LogP contribution in [0.25, 0.3) is 0 Å². The molecule has 0 bridgehead atoms. The van der Waals surface area contributed by atoms with Gasteiger partial charge >= 0.3 is 0 Å². The summed E-state index contributed by atoms with van der Waals surface area (Å²) in [6, 6.07) is 9.62. The van der Waals surface area contributed by atoms with Gasteiger partial charge in [-0.3, -0.25) is 4.79 Å². The van der Waals surface area contributed by atoms with Gasteiger partial charge in [-0.2, -0.15) is 0 Å². The zero-order valence-electron chi connectivity index (χ0n) is 17.7. The van der Waals surface area contributed by atoms with Crippen LogP contribution in [-0.2, 0) is 4.74 Å². The number of carbonyl (C=O) groups excluding carboxylic acids is 1. The van der Waals surface area contributed by atoms with Gasteiger partial charge in [0.15, 0.2) is 0 Å². The van der Waals surface area contributed by atoms with Crippen molar-refractivity contribution in [3.63, 3.8) is 0 Å². The number of amides is 1. The van der Waals surface area contributed by atoms with E-state index in [1.807, 2.05) is 58.0 Å². The molecule has 6 nitrogen and oxygen atoms in total. The molecule has 0 aromatic heterocycles. The van der Waals surface area contributed by atoms with Crippen LogP contribution in [0, 0.1) is 13.8 Å². The summed E-state index contributed by atoms with van der Waals surface area (Å²) in [5, 5.41) is 3.01. The second kappa shape index (κ2) is 9.65. The Morgan fingerprint density at radius 3 is 2.38 bits per heavy atom. The van der Waals surface area contributed by atoms with Gasteiger partial charge in [-0.15, -0.1) is 0 Å². The number of hydrogen-bond donors (Lipinski definition) is 1. The molecule has 0 radical (unpaired) electrons. The molecule has 156 valence electrons. The first-order valence-electron chi connectivity index (χ1n) is 10.2. The van der Waals surface area contributed by atoms with Crippen LogP contribution in [0.5, 0.6) is 11.5 Å². The monoisotopic (exact) mass is 398 g/mol. The number of carbonyl (C=O) groups is 1. The average Bonchev–Trinajstić information content (AvgIpc) is 2.70. The molecule has 1 N–H and O–H groups in total. The van der Waals surface area contributed by atoms with Crippen molar-refractivity contribution in [2.24, 2.45) is 0 Å². The Labute approximate surface area is 172 Å². The molecule has 0 saturated carbocycles. The van der Waals surface area contributed by atoms with Crippen molar-refractivity contribution >= 4 is 17.3 Å². The summed E-state index contributed by atoms with van der Waals surface area (Å²) in [5.41, 5.74) is 4.28. The largest absolute Gasteiger partial charge is 0.492 e. The van der Waals surface area contributed by atoms with Crippen LogP contribution in [0.1, 0.15) is 35.3 Å². The molecule has 1 aliphatic heterocycles. The fourth-order valence-electron chi connectivity index (χ4n) is 3.50. The number of nitrogens with one attached hydrogen (secondary N) is 1. The van der Waals surface area contributed by atoms with E-state index in [1.54, 1.807) is 0 Å². The highest BCUT2D eigenvalue weighted by atomic mass is 16.5. The molecule has 0 unspecified atom stereocenters. The van der Waals surface area contributed by atoms with E-state index in [0.717, 1.165) is 35.7 Å². The molecule has 1 fully saturated rings. The quantitative estimate of drug-likeness (QED) is 0.758. The minimum absolute atomic E-state index is 0.162. The van der Waals surface area contributed by atoms with Crippen molar-refractivity contribution in [2.75, 3.05) is 49.7 Å². The fraction of sp³-hybridized carbons (Fsp3) is 0.435. The normalized spacial score (nSPS) is 13.9. The molecule has 2 aromatic rings. The second-order valence-corrected chi connectivity index (χ2v) is 7.05. The molecule has 1 saturated heterocycles. The average molecular weight is 399 g/mol. The minimum atomic E-state index is -0.162. The highest BCUT2D eigenvalue weighted by molar-refractivity contribution is 6.06. The molecule has 0 aliphatic carbocycles. The van der Waals surface area contributed by atoms with Gasteiger partial charge in [0.1, 0.15) is 11.5 Å². The van der Waals surface area contributed by atoms with Gasteiger partial charge in [0.2, 0.25) is 0 Å². The Hall–Kier alpha value is -2.73. The van der Waals surface area contributed by atoms with Crippen molar-refractivity contribution < 1.29 is 19.0 Å². The molecule has 1 amide bonds. The maximum absolute atomic E-state index is 12.9. The Kier molecular flexibility index (Phi) is 6.99. The van der Waals surface area contributed by atoms with Crippen LogP contribution in [0.3, 0.4) is 0 Å². The van der Waals surface area contributed by atoms with E-state index in [2.05, 4.69) is 10.2 Å². The van der Waals surface area contributed by atoms with Crippen molar-refractivity contribution in [1.29, 1.82) is 0 Å². The van der Waals surface area contributed by atoms with E-state index in [1.165, 1.54) is 0 Å². The third kappa shape index (κ3) is 5.01. The first-order chi connectivity index (χ1) is 14.0. The van der Waals surface area contributed by atoms with Crippen molar-refractivity contribution in [3.05, 3.63) is 47.0 Å². The van der Waals surface area contributed by atoms with Gasteiger partial charge in [-0.05, 0) is 39.3 Å². The summed E-state index contributed by atoms with van der Waals surface area (Å²) in [4.78, 5) is 15.2. The van der Waals surface area contributed by atoms with Gasteiger partial charge < -0.3 is 24.4 Å². The van der Waals surface area contributed by atoms with Gasteiger partial charge in [-0.1, -0.05) is 17.7 Å². The molecular weight excluding hydrogens is 368 g/mol. The van der Waals surface area contributed by atoms with Gasteiger partial charge in [-0.25, -0.2) is 0 Å². The van der Waals surface area contributed by atoms with E-state index in [0.29, 0.717) is 43.4 Å². The predicted octanol–water partition coefficient (Wildman–Crippen LogP) is 4.19. The lowest BCUT2D eigenvalue weighted by atomic mass is 10.0. The maximum atomic E-state index is 12.9. The summed E-state index contributed by atoms with van der Waals surface area (Å²) in [6.45, 7) is 11.8. The number of rotatable bonds is 7. The molecule has 1 heterocycles. The number of aryl methyl sites for hydroxylation is 2. The Morgan fingerprint density at radius 2 is 1.72 bits per heavy atom. The first kappa shape index (κ1) is 21.0. The summed E-state index contributed by atoms with van der Waals surface area (Å²) < 4.78 is 17.2. The van der Waals surface area contributed by atoms with Crippen LogP contribution in [0.4, 0.5) is 11.4 Å². The van der Waals surface area contributed by atoms with Gasteiger partial charge in [0.05, 0.1) is 37.8 Å². The van der Waals surface area contributed by atoms with Crippen LogP contribution in [0.15, 0.2) is 30.3 Å². The van der Waals surface area contributed by atoms with Gasteiger partial charge in [0.25, 0.3) is 5.91 Å². The summed E-state index contributed by atoms with van der Waals surface area (Å²) >= 11 is 0. The first-order valence-corrected chi connectivity index (χ1v) is 10.2. The van der Waals surface area contributed by atoms with Crippen LogP contribution >= 0.6 is 0 Å². The van der Waals surface area contributed by atoms with Gasteiger partial charge in [0, 0.05) is 30.8 Å². The number of nitrogens with zero attached hydrogens (tertiary/aromatic N) is 1. The molecule has 1 aliphatic rings. The number of morpholine rings is 1. The third-order valence-corrected chi connectivity index (χ3v) is 4.89. The number of benzene rings is 2. The van der Waals surface area contributed by atoms with Crippen LogP contribution in [0.2, 0.25) is 0 Å². The molecule has 29 heavy (non-hydrogen) atoms. The highest BCUT2D eigenvalue weighted by Gasteiger charge is 2.21. The maximum Gasteiger partial charge on any atom is 0.256 e. The number of ether oxygens (including phenoxy) is 3. The topological polar surface area (TPSA) is 60.0 Å². The smallest absolute Gasteiger partial charge is 0.256 e. The zero-order chi connectivity index (χ0) is 20.8. The molecule has 6 heteroatoms. The van der Waals surface area contributed by atoms with Crippen LogP contribution in [-0.4, -0.2) is 45.4 Å². The van der Waals surface area contributed by atoms with Crippen molar-refractivity contribution in [3.8, 4) is 11.5 Å². The zero-order valence-corrected chi connectivity index (χ0v) is 17.7. The second-order valence-electron chi connectivity index (χ2n) is 7.05. The van der Waals surface area contributed by atoms with E-state index in [-0.39, 0.29) is 5.91 Å². The highest BCUT2D eigenvalue weighted by Crippen LogP contribution is 2.39. The Morgan fingerprint density at radius 1 is 1.03 bits per heavy atom. The summed E-state index contributed by atoms with van der Waals surface area (Å²) in [7, 11) is 0. The molecule has 0 spiro atoms. The Bertz CT molecular complexity index is 860. The molecule has 2 aromatic carbocycles. The van der Waals surface area contributed by atoms with E-state index >= 15 is 0 Å². The molecular formula is C23H30N2O4. The number of hydrogen-bond acceptors (Lipinski definition) is 5. The van der Waals surface area contributed by atoms with Crippen LogP contribution < -0.4 is 19.7 Å². The molecule has 0 atom stereocenters. The SMILES string of the molecule is CCOc1cc(N2CCOCC2)c(OCC)cc1NC(=O)c1ccc(C)cc1C. The van der Waals surface area contributed by atoms with Crippen molar-refractivity contribution in [2.45, 2.75) is 27.7 Å². The lowest BCUT2D eigenvalue weighted by molar-refractivity contribution is 0.102. The van der Waals surface area contributed by atoms with E-state index in [9.17, 15) is 4.79 Å². The molecule has 3 rings (SSSR count). The lowest BCUT2D eigenvalue weighted by Crippen LogP contribution is -2.36. The number of anilines is 2. The lowest BCUT2D eigenvalue weighted by Gasteiger charge is -2.31. The van der Waals surface area contributed by atoms with Crippen molar-refractivity contribution in [1.82, 2.24) is 0 Å². The fourth-order valence-corrected chi connectivity index (χ4v) is 3.50. The standard InChI is InChI=1S/C23H30N2O4/c1-5-28-21-15-20(25-9-11-27-12-10-25)22(29-6-2)14-19(21)24-23(26)18-8-7-16(3)13-17(18)4/h7-8,13-15H,5-6,9-12H2,1-4H3,(H,24,26). The van der Waals surface area contributed by atoms with E-state index < -0.39 is 0 Å².